The standard InChI is InChI=1S/C18H21N.2C2H6/c1-12-10-11-15-16(17(12)18(2,3)4)13-8-6-7-9-14(13)19(15)5;2*1-2/h6-11H,1-5H3;2*1-2H3. The Morgan fingerprint density at radius 3 is 1.91 bits per heavy atom. The molecule has 1 heteroatoms. The van der Waals surface area contributed by atoms with Gasteiger partial charge < -0.3 is 4.57 Å². The first kappa shape index (κ1) is 19.3. The highest BCUT2D eigenvalue weighted by Gasteiger charge is 2.22. The predicted octanol–water partition coefficient (Wildman–Crippen LogP) is 6.99. The SMILES string of the molecule is CC.CC.Cc1ccc2c(c1C(C)(C)C)c1ccccc1n2C. The molecule has 0 saturated heterocycles. The van der Waals surface area contributed by atoms with Crippen LogP contribution in [0.3, 0.4) is 0 Å². The fourth-order valence-electron chi connectivity index (χ4n) is 3.32. The maximum atomic E-state index is 2.30. The number of aryl methyl sites for hydroxylation is 2. The zero-order valence-corrected chi connectivity index (χ0v) is 16.4. The maximum absolute atomic E-state index is 2.30. The van der Waals surface area contributed by atoms with Crippen LogP contribution in [0.25, 0.3) is 21.8 Å². The molecule has 0 radical (unpaired) electrons. The summed E-state index contributed by atoms with van der Waals surface area (Å²) in [7, 11) is 2.16. The molecule has 23 heavy (non-hydrogen) atoms. The zero-order valence-electron chi connectivity index (χ0n) is 16.4. The summed E-state index contributed by atoms with van der Waals surface area (Å²) >= 11 is 0. The third kappa shape index (κ3) is 3.44. The minimum absolute atomic E-state index is 0.160. The lowest BCUT2D eigenvalue weighted by Gasteiger charge is -2.23. The van der Waals surface area contributed by atoms with E-state index >= 15 is 0 Å². The lowest BCUT2D eigenvalue weighted by Crippen LogP contribution is -2.13. The van der Waals surface area contributed by atoms with Crippen LogP contribution in [0.5, 0.6) is 0 Å². The summed E-state index contributed by atoms with van der Waals surface area (Å²) in [4.78, 5) is 0. The van der Waals surface area contributed by atoms with E-state index in [0.29, 0.717) is 0 Å². The summed E-state index contributed by atoms with van der Waals surface area (Å²) in [6.07, 6.45) is 0. The van der Waals surface area contributed by atoms with Crippen LogP contribution < -0.4 is 0 Å². The smallest absolute Gasteiger partial charge is 0.0491 e. The number of hydrogen-bond acceptors (Lipinski definition) is 0. The lowest BCUT2D eigenvalue weighted by molar-refractivity contribution is 0.592. The van der Waals surface area contributed by atoms with Gasteiger partial charge in [0, 0.05) is 28.9 Å². The van der Waals surface area contributed by atoms with Crippen molar-refractivity contribution in [2.45, 2.75) is 60.8 Å². The normalized spacial score (nSPS) is 10.8. The molecule has 2 aromatic carbocycles. The Kier molecular flexibility index (Phi) is 6.44. The van der Waals surface area contributed by atoms with Crippen molar-refractivity contribution in [2.24, 2.45) is 7.05 Å². The summed E-state index contributed by atoms with van der Waals surface area (Å²) < 4.78 is 2.30. The number of aromatic nitrogens is 1. The van der Waals surface area contributed by atoms with Crippen LogP contribution in [0.1, 0.15) is 59.6 Å². The van der Waals surface area contributed by atoms with Crippen LogP contribution in [0, 0.1) is 6.92 Å². The highest BCUT2D eigenvalue weighted by molar-refractivity contribution is 6.10. The van der Waals surface area contributed by atoms with E-state index in [0.717, 1.165) is 0 Å². The van der Waals surface area contributed by atoms with Gasteiger partial charge in [-0.1, -0.05) is 72.7 Å². The molecule has 0 spiro atoms. The van der Waals surface area contributed by atoms with Crippen LogP contribution >= 0.6 is 0 Å². The summed E-state index contributed by atoms with van der Waals surface area (Å²) in [5.41, 5.74) is 5.66. The monoisotopic (exact) mass is 311 g/mol. The van der Waals surface area contributed by atoms with Crippen molar-refractivity contribution in [3.63, 3.8) is 0 Å². The van der Waals surface area contributed by atoms with Crippen LogP contribution in [0.2, 0.25) is 0 Å². The molecule has 0 saturated carbocycles. The second-order valence-electron chi connectivity index (χ2n) is 6.48. The van der Waals surface area contributed by atoms with Crippen LogP contribution in [-0.2, 0) is 12.5 Å². The molecule has 0 aliphatic heterocycles. The third-order valence-electron chi connectivity index (χ3n) is 4.04. The van der Waals surface area contributed by atoms with Gasteiger partial charge in [0.1, 0.15) is 0 Å². The Hall–Kier alpha value is -1.76. The van der Waals surface area contributed by atoms with Crippen molar-refractivity contribution < 1.29 is 0 Å². The molecule has 0 aliphatic rings. The largest absolute Gasteiger partial charge is 0.344 e. The van der Waals surface area contributed by atoms with Crippen molar-refractivity contribution in [2.75, 3.05) is 0 Å². The first-order valence-electron chi connectivity index (χ1n) is 8.88. The van der Waals surface area contributed by atoms with E-state index in [-0.39, 0.29) is 5.41 Å². The molecule has 0 aliphatic carbocycles. The average Bonchev–Trinajstić information content (AvgIpc) is 2.83. The number of hydrogen-bond donors (Lipinski definition) is 0. The van der Waals surface area contributed by atoms with Crippen molar-refractivity contribution >= 4 is 21.8 Å². The van der Waals surface area contributed by atoms with Gasteiger partial charge >= 0.3 is 0 Å². The number of benzene rings is 2. The van der Waals surface area contributed by atoms with Crippen molar-refractivity contribution in [1.29, 1.82) is 0 Å². The van der Waals surface area contributed by atoms with E-state index in [2.05, 4.69) is 75.7 Å². The molecule has 1 nitrogen and oxygen atoms in total. The Labute approximate surface area is 142 Å². The Bertz CT molecular complexity index is 770. The lowest BCUT2D eigenvalue weighted by atomic mass is 9.81. The van der Waals surface area contributed by atoms with E-state index in [1.54, 1.807) is 0 Å². The molecule has 0 atom stereocenters. The number of rotatable bonds is 0. The number of para-hydroxylation sites is 1. The van der Waals surface area contributed by atoms with Gasteiger partial charge in [-0.05, 0) is 35.6 Å². The van der Waals surface area contributed by atoms with Crippen molar-refractivity contribution in [3.05, 3.63) is 47.5 Å². The van der Waals surface area contributed by atoms with Crippen molar-refractivity contribution in [1.82, 2.24) is 4.57 Å². The van der Waals surface area contributed by atoms with E-state index < -0.39 is 0 Å². The minimum Gasteiger partial charge on any atom is -0.344 e. The van der Waals surface area contributed by atoms with Crippen LogP contribution in [0.15, 0.2) is 36.4 Å². The van der Waals surface area contributed by atoms with Gasteiger partial charge in [-0.25, -0.2) is 0 Å². The molecule has 3 aromatic rings. The minimum atomic E-state index is 0.160. The molecule has 3 rings (SSSR count). The molecule has 0 unspecified atom stereocenters. The highest BCUT2D eigenvalue weighted by atomic mass is 14.9. The number of fused-ring (bicyclic) bond motifs is 3. The molecular weight excluding hydrogens is 278 g/mol. The quantitative estimate of drug-likeness (QED) is 0.421. The molecule has 126 valence electrons. The Morgan fingerprint density at radius 2 is 1.35 bits per heavy atom. The summed E-state index contributed by atoms with van der Waals surface area (Å²) in [5, 5.41) is 2.79. The van der Waals surface area contributed by atoms with Gasteiger partial charge in [0.25, 0.3) is 0 Å². The highest BCUT2D eigenvalue weighted by Crippen LogP contribution is 2.38. The molecule has 1 heterocycles. The summed E-state index contributed by atoms with van der Waals surface area (Å²) in [5.74, 6) is 0. The average molecular weight is 312 g/mol. The Morgan fingerprint density at radius 1 is 0.783 bits per heavy atom. The zero-order chi connectivity index (χ0) is 17.8. The van der Waals surface area contributed by atoms with Crippen molar-refractivity contribution in [3.8, 4) is 0 Å². The van der Waals surface area contributed by atoms with Gasteiger partial charge in [0.2, 0.25) is 0 Å². The predicted molar refractivity (Wildman–Crippen MR) is 107 cm³/mol. The van der Waals surface area contributed by atoms with Gasteiger partial charge in [-0.3, -0.25) is 0 Å². The van der Waals surface area contributed by atoms with Gasteiger partial charge in [-0.2, -0.15) is 0 Å². The van der Waals surface area contributed by atoms with E-state index in [4.69, 9.17) is 0 Å². The van der Waals surface area contributed by atoms with Crippen LogP contribution in [-0.4, -0.2) is 4.57 Å². The first-order valence-corrected chi connectivity index (χ1v) is 8.88. The molecule has 0 fully saturated rings. The first-order chi connectivity index (χ1) is 10.9. The third-order valence-corrected chi connectivity index (χ3v) is 4.04. The summed E-state index contributed by atoms with van der Waals surface area (Å²) in [6, 6.07) is 13.2. The molecule has 0 amide bonds. The number of nitrogens with zero attached hydrogens (tertiary/aromatic N) is 1. The molecule has 0 N–H and O–H groups in total. The van der Waals surface area contributed by atoms with Gasteiger partial charge in [0.05, 0.1) is 0 Å². The fourth-order valence-corrected chi connectivity index (χ4v) is 3.32. The maximum Gasteiger partial charge on any atom is 0.0491 e. The fraction of sp³-hybridized carbons (Fsp3) is 0.455. The van der Waals surface area contributed by atoms with E-state index in [9.17, 15) is 0 Å². The van der Waals surface area contributed by atoms with Gasteiger partial charge in [-0.15, -0.1) is 0 Å². The second kappa shape index (κ2) is 7.68. The molecular formula is C22H33N. The second-order valence-corrected chi connectivity index (χ2v) is 6.48. The van der Waals surface area contributed by atoms with Crippen LogP contribution in [0.4, 0.5) is 0 Å². The summed E-state index contributed by atoms with van der Waals surface area (Å²) in [6.45, 7) is 17.1. The Balaban J connectivity index is 0.000000615. The molecule has 0 bridgehead atoms. The van der Waals surface area contributed by atoms with E-state index in [1.165, 1.54) is 32.9 Å². The van der Waals surface area contributed by atoms with E-state index in [1.807, 2.05) is 27.7 Å². The topological polar surface area (TPSA) is 4.93 Å². The van der Waals surface area contributed by atoms with Gasteiger partial charge in [0.15, 0.2) is 0 Å². The molecule has 1 aromatic heterocycles.